The van der Waals surface area contributed by atoms with E-state index in [1.807, 2.05) is 11.3 Å². The van der Waals surface area contributed by atoms with Gasteiger partial charge in [-0.25, -0.2) is 0 Å². The molecule has 0 amide bonds. The number of benzene rings is 2. The minimum atomic E-state index is 1.03. The van der Waals surface area contributed by atoms with Gasteiger partial charge in [0.25, 0.3) is 0 Å². The van der Waals surface area contributed by atoms with Gasteiger partial charge in [-0.05, 0) is 38.2 Å². The van der Waals surface area contributed by atoms with E-state index in [-0.39, 0.29) is 0 Å². The Labute approximate surface area is 136 Å². The topological polar surface area (TPSA) is 15.3 Å². The van der Waals surface area contributed by atoms with Gasteiger partial charge in [-0.15, -0.1) is 11.3 Å². The quantitative estimate of drug-likeness (QED) is 0.603. The lowest BCUT2D eigenvalue weighted by Gasteiger charge is -2.18. The molecule has 0 bridgehead atoms. The van der Waals surface area contributed by atoms with Crippen molar-refractivity contribution < 1.29 is 0 Å². The third kappa shape index (κ3) is 3.11. The van der Waals surface area contributed by atoms with E-state index in [4.69, 9.17) is 0 Å². The molecular formula is C19H24N2S. The van der Waals surface area contributed by atoms with Crippen LogP contribution in [0.1, 0.15) is 20.3 Å². The third-order valence-corrected chi connectivity index (χ3v) is 5.49. The van der Waals surface area contributed by atoms with Crippen LogP contribution >= 0.6 is 11.3 Å². The van der Waals surface area contributed by atoms with Crippen LogP contribution in [0.3, 0.4) is 0 Å². The van der Waals surface area contributed by atoms with Crippen LogP contribution < -0.4 is 5.32 Å². The smallest absolute Gasteiger partial charge is 0.0586 e. The highest BCUT2D eigenvalue weighted by Gasteiger charge is 2.07. The van der Waals surface area contributed by atoms with E-state index in [1.165, 1.54) is 38.8 Å². The van der Waals surface area contributed by atoms with Gasteiger partial charge in [-0.3, -0.25) is 0 Å². The Balaban J connectivity index is 1.74. The number of rotatable bonds is 7. The summed E-state index contributed by atoms with van der Waals surface area (Å²) in [5.74, 6) is 0. The zero-order chi connectivity index (χ0) is 15.4. The van der Waals surface area contributed by atoms with Crippen LogP contribution in [0.25, 0.3) is 20.2 Å². The van der Waals surface area contributed by atoms with E-state index < -0.39 is 0 Å². The first kappa shape index (κ1) is 15.3. The summed E-state index contributed by atoms with van der Waals surface area (Å²) in [6.07, 6.45) is 1.18. The van der Waals surface area contributed by atoms with Gasteiger partial charge in [0.15, 0.2) is 0 Å². The van der Waals surface area contributed by atoms with E-state index in [0.29, 0.717) is 0 Å². The average Bonchev–Trinajstić information content (AvgIpc) is 2.94. The van der Waals surface area contributed by atoms with Crippen molar-refractivity contribution >= 4 is 37.2 Å². The standard InChI is InChI=1S/C19H24N2S/c1-3-21(4-2)14-8-13-20-17-11-7-10-16-15-9-5-6-12-18(15)22-19(16)17/h5-7,9-12,20H,3-4,8,13-14H2,1-2H3. The maximum absolute atomic E-state index is 3.64. The Morgan fingerprint density at radius 1 is 0.955 bits per heavy atom. The van der Waals surface area contributed by atoms with Crippen molar-refractivity contribution in [1.29, 1.82) is 0 Å². The molecule has 0 saturated heterocycles. The second-order valence-electron chi connectivity index (χ2n) is 5.59. The van der Waals surface area contributed by atoms with Gasteiger partial charge in [0.05, 0.1) is 10.4 Å². The molecule has 0 aliphatic rings. The van der Waals surface area contributed by atoms with E-state index in [0.717, 1.165) is 19.6 Å². The van der Waals surface area contributed by atoms with E-state index in [9.17, 15) is 0 Å². The number of anilines is 1. The Hall–Kier alpha value is -1.58. The van der Waals surface area contributed by atoms with Crippen molar-refractivity contribution in [2.45, 2.75) is 20.3 Å². The number of nitrogens with zero attached hydrogens (tertiary/aromatic N) is 1. The maximum atomic E-state index is 3.64. The van der Waals surface area contributed by atoms with Crippen molar-refractivity contribution in [1.82, 2.24) is 4.90 Å². The number of fused-ring (bicyclic) bond motifs is 3. The minimum Gasteiger partial charge on any atom is -0.384 e. The monoisotopic (exact) mass is 312 g/mol. The number of hydrogen-bond acceptors (Lipinski definition) is 3. The normalized spacial score (nSPS) is 11.6. The van der Waals surface area contributed by atoms with Crippen molar-refractivity contribution in [2.75, 3.05) is 31.5 Å². The predicted molar refractivity (Wildman–Crippen MR) is 100 cm³/mol. The summed E-state index contributed by atoms with van der Waals surface area (Å²) in [7, 11) is 0. The molecule has 0 aliphatic carbocycles. The fourth-order valence-corrected chi connectivity index (χ4v) is 4.14. The van der Waals surface area contributed by atoms with Crippen molar-refractivity contribution in [3.8, 4) is 0 Å². The summed E-state index contributed by atoms with van der Waals surface area (Å²) in [5, 5.41) is 6.38. The fourth-order valence-electron chi connectivity index (χ4n) is 2.95. The van der Waals surface area contributed by atoms with Crippen LogP contribution in [0.5, 0.6) is 0 Å². The van der Waals surface area contributed by atoms with Gasteiger partial charge < -0.3 is 10.2 Å². The first-order valence-corrected chi connectivity index (χ1v) is 9.01. The van der Waals surface area contributed by atoms with Gasteiger partial charge in [0.1, 0.15) is 0 Å². The highest BCUT2D eigenvalue weighted by molar-refractivity contribution is 7.26. The summed E-state index contributed by atoms with van der Waals surface area (Å²) < 4.78 is 2.75. The molecule has 3 aromatic rings. The largest absolute Gasteiger partial charge is 0.384 e. The molecule has 0 fully saturated rings. The summed E-state index contributed by atoms with van der Waals surface area (Å²) in [5.41, 5.74) is 1.28. The Morgan fingerprint density at radius 2 is 1.73 bits per heavy atom. The van der Waals surface area contributed by atoms with E-state index in [1.54, 1.807) is 0 Å². The van der Waals surface area contributed by atoms with Gasteiger partial charge >= 0.3 is 0 Å². The molecule has 1 heterocycles. The molecule has 0 atom stereocenters. The molecule has 3 heteroatoms. The minimum absolute atomic E-state index is 1.03. The van der Waals surface area contributed by atoms with Crippen molar-refractivity contribution in [2.24, 2.45) is 0 Å². The maximum Gasteiger partial charge on any atom is 0.0586 e. The Kier molecular flexibility index (Phi) is 4.96. The molecule has 0 unspecified atom stereocenters. The van der Waals surface area contributed by atoms with Crippen LogP contribution in [0.2, 0.25) is 0 Å². The average molecular weight is 312 g/mol. The summed E-state index contributed by atoms with van der Waals surface area (Å²) in [4.78, 5) is 2.47. The Bertz CT molecular complexity index is 743. The number of hydrogen-bond donors (Lipinski definition) is 1. The van der Waals surface area contributed by atoms with Crippen LogP contribution in [-0.4, -0.2) is 31.1 Å². The number of thiophene rings is 1. The van der Waals surface area contributed by atoms with Crippen LogP contribution in [0.4, 0.5) is 5.69 Å². The second kappa shape index (κ2) is 7.12. The zero-order valence-corrected chi connectivity index (χ0v) is 14.2. The molecule has 0 radical (unpaired) electrons. The van der Waals surface area contributed by atoms with Gasteiger partial charge in [-0.2, -0.15) is 0 Å². The molecule has 1 aromatic heterocycles. The molecule has 0 aliphatic heterocycles. The lowest BCUT2D eigenvalue weighted by Crippen LogP contribution is -2.25. The molecule has 0 saturated carbocycles. The lowest BCUT2D eigenvalue weighted by atomic mass is 10.1. The first-order valence-electron chi connectivity index (χ1n) is 8.20. The summed E-state index contributed by atoms with van der Waals surface area (Å²) in [6.45, 7) is 8.95. The lowest BCUT2D eigenvalue weighted by molar-refractivity contribution is 0.303. The molecule has 2 nitrogen and oxygen atoms in total. The van der Waals surface area contributed by atoms with Crippen LogP contribution in [-0.2, 0) is 0 Å². The molecule has 2 aromatic carbocycles. The van der Waals surface area contributed by atoms with Gasteiger partial charge in [-0.1, -0.05) is 44.2 Å². The van der Waals surface area contributed by atoms with Crippen LogP contribution in [0.15, 0.2) is 42.5 Å². The number of nitrogens with one attached hydrogen (secondary N) is 1. The molecular weight excluding hydrogens is 288 g/mol. The zero-order valence-electron chi connectivity index (χ0n) is 13.4. The second-order valence-corrected chi connectivity index (χ2v) is 6.64. The third-order valence-electron chi connectivity index (χ3n) is 4.27. The summed E-state index contributed by atoms with van der Waals surface area (Å²) in [6, 6.07) is 15.3. The SMILES string of the molecule is CCN(CC)CCCNc1cccc2c1sc1ccccc12. The highest BCUT2D eigenvalue weighted by Crippen LogP contribution is 2.37. The van der Waals surface area contributed by atoms with Gasteiger partial charge in [0.2, 0.25) is 0 Å². The molecule has 1 N–H and O–H groups in total. The predicted octanol–water partition coefficient (Wildman–Crippen LogP) is 5.20. The molecule has 0 spiro atoms. The first-order chi connectivity index (χ1) is 10.8. The highest BCUT2D eigenvalue weighted by atomic mass is 32.1. The van der Waals surface area contributed by atoms with Crippen molar-refractivity contribution in [3.63, 3.8) is 0 Å². The molecule has 116 valence electrons. The van der Waals surface area contributed by atoms with Gasteiger partial charge in [0, 0.05) is 22.0 Å². The summed E-state index contributed by atoms with van der Waals surface area (Å²) >= 11 is 1.89. The Morgan fingerprint density at radius 3 is 2.55 bits per heavy atom. The molecule has 22 heavy (non-hydrogen) atoms. The van der Waals surface area contributed by atoms with Crippen LogP contribution in [0, 0.1) is 0 Å². The fraction of sp³-hybridized carbons (Fsp3) is 0.368. The van der Waals surface area contributed by atoms with E-state index in [2.05, 4.69) is 66.5 Å². The molecule has 3 rings (SSSR count). The van der Waals surface area contributed by atoms with Crippen molar-refractivity contribution in [3.05, 3.63) is 42.5 Å². The van der Waals surface area contributed by atoms with E-state index >= 15 is 0 Å².